The van der Waals surface area contributed by atoms with E-state index < -0.39 is 6.04 Å². The minimum atomic E-state index is -0.431. The maximum atomic E-state index is 13.7. The standard InChI is InChI=1S/C27H27N3O3/c1-5-22(29(3)26(31)19-13-7-6-12-18(19)2)25-28-21-15-9-8-14-20(21)27(32)30(25)23-16-10-11-17-24(23)33-4/h6-17,22H,5H2,1-4H3. The van der Waals surface area contributed by atoms with Crippen LogP contribution in [-0.2, 0) is 0 Å². The van der Waals surface area contributed by atoms with E-state index in [2.05, 4.69) is 0 Å². The van der Waals surface area contributed by atoms with E-state index in [0.29, 0.717) is 40.1 Å². The van der Waals surface area contributed by atoms with E-state index in [0.717, 1.165) is 5.56 Å². The first kappa shape index (κ1) is 22.3. The number of hydrogen-bond acceptors (Lipinski definition) is 4. The molecule has 33 heavy (non-hydrogen) atoms. The zero-order chi connectivity index (χ0) is 23.5. The Balaban J connectivity index is 1.96. The summed E-state index contributed by atoms with van der Waals surface area (Å²) in [6.07, 6.45) is 0.577. The van der Waals surface area contributed by atoms with Crippen molar-refractivity contribution in [3.63, 3.8) is 0 Å². The summed E-state index contributed by atoms with van der Waals surface area (Å²) in [4.78, 5) is 33.7. The maximum absolute atomic E-state index is 13.7. The Bertz CT molecular complexity index is 1380. The molecule has 0 spiro atoms. The topological polar surface area (TPSA) is 64.4 Å². The van der Waals surface area contributed by atoms with E-state index in [1.165, 1.54) is 0 Å². The zero-order valence-electron chi connectivity index (χ0n) is 19.3. The van der Waals surface area contributed by atoms with Gasteiger partial charge < -0.3 is 9.64 Å². The van der Waals surface area contributed by atoms with Crippen LogP contribution < -0.4 is 10.3 Å². The Morgan fingerprint density at radius 2 is 1.70 bits per heavy atom. The molecule has 1 aromatic heterocycles. The molecule has 1 atom stereocenters. The smallest absolute Gasteiger partial charge is 0.266 e. The van der Waals surface area contributed by atoms with E-state index in [9.17, 15) is 9.59 Å². The predicted molar refractivity (Wildman–Crippen MR) is 130 cm³/mol. The van der Waals surface area contributed by atoms with Crippen molar-refractivity contribution in [2.24, 2.45) is 0 Å². The molecule has 0 aliphatic heterocycles. The average molecular weight is 442 g/mol. The van der Waals surface area contributed by atoms with Crippen molar-refractivity contribution in [1.82, 2.24) is 14.5 Å². The van der Waals surface area contributed by atoms with Gasteiger partial charge in [-0.2, -0.15) is 0 Å². The molecule has 0 aliphatic rings. The molecule has 6 nitrogen and oxygen atoms in total. The number of ether oxygens (including phenoxy) is 1. The van der Waals surface area contributed by atoms with Crippen LogP contribution in [0.2, 0.25) is 0 Å². The second-order valence-corrected chi connectivity index (χ2v) is 7.95. The van der Waals surface area contributed by atoms with Crippen molar-refractivity contribution in [1.29, 1.82) is 0 Å². The first-order chi connectivity index (χ1) is 16.0. The summed E-state index contributed by atoms with van der Waals surface area (Å²) in [6.45, 7) is 3.90. The van der Waals surface area contributed by atoms with E-state index in [4.69, 9.17) is 9.72 Å². The second-order valence-electron chi connectivity index (χ2n) is 7.95. The summed E-state index contributed by atoms with van der Waals surface area (Å²) in [7, 11) is 3.33. The first-order valence-corrected chi connectivity index (χ1v) is 11.0. The van der Waals surface area contributed by atoms with Crippen LogP contribution in [0.1, 0.15) is 41.1 Å². The van der Waals surface area contributed by atoms with E-state index in [1.807, 2.05) is 80.6 Å². The lowest BCUT2D eigenvalue weighted by Gasteiger charge is -2.30. The molecular formula is C27H27N3O3. The van der Waals surface area contributed by atoms with Gasteiger partial charge in [0.15, 0.2) is 0 Å². The van der Waals surface area contributed by atoms with E-state index >= 15 is 0 Å². The van der Waals surface area contributed by atoms with Crippen LogP contribution in [0, 0.1) is 6.92 Å². The minimum absolute atomic E-state index is 0.117. The second kappa shape index (κ2) is 9.28. The van der Waals surface area contributed by atoms with Crippen LogP contribution in [0.25, 0.3) is 16.6 Å². The number of aryl methyl sites for hydroxylation is 1. The molecule has 0 N–H and O–H groups in total. The molecule has 0 fully saturated rings. The number of nitrogens with zero attached hydrogens (tertiary/aromatic N) is 3. The third kappa shape index (κ3) is 4.00. The summed E-state index contributed by atoms with van der Waals surface area (Å²) >= 11 is 0. The lowest BCUT2D eigenvalue weighted by Crippen LogP contribution is -2.36. The van der Waals surface area contributed by atoms with Crippen molar-refractivity contribution in [2.75, 3.05) is 14.2 Å². The molecule has 3 aromatic carbocycles. The lowest BCUT2D eigenvalue weighted by atomic mass is 10.1. The largest absolute Gasteiger partial charge is 0.495 e. The average Bonchev–Trinajstić information content (AvgIpc) is 2.84. The van der Waals surface area contributed by atoms with Crippen molar-refractivity contribution in [3.8, 4) is 11.4 Å². The molecule has 0 aliphatic carbocycles. The number of para-hydroxylation sites is 3. The minimum Gasteiger partial charge on any atom is -0.495 e. The molecule has 0 radical (unpaired) electrons. The van der Waals surface area contributed by atoms with Crippen LogP contribution in [0.5, 0.6) is 5.75 Å². The fourth-order valence-electron chi connectivity index (χ4n) is 4.19. The Kier molecular flexibility index (Phi) is 6.27. The van der Waals surface area contributed by atoms with Crippen molar-refractivity contribution < 1.29 is 9.53 Å². The van der Waals surface area contributed by atoms with E-state index in [1.54, 1.807) is 29.7 Å². The molecule has 0 bridgehead atoms. The lowest BCUT2D eigenvalue weighted by molar-refractivity contribution is 0.0716. The van der Waals surface area contributed by atoms with Crippen LogP contribution in [0.3, 0.4) is 0 Å². The van der Waals surface area contributed by atoms with Gasteiger partial charge in [-0.25, -0.2) is 4.98 Å². The third-order valence-electron chi connectivity index (χ3n) is 5.98. The molecule has 0 saturated heterocycles. The van der Waals surface area contributed by atoms with Gasteiger partial charge in [0.05, 0.1) is 29.7 Å². The van der Waals surface area contributed by atoms with Gasteiger partial charge in [-0.3, -0.25) is 14.2 Å². The molecule has 6 heteroatoms. The highest BCUT2D eigenvalue weighted by Gasteiger charge is 2.28. The van der Waals surface area contributed by atoms with Crippen molar-refractivity contribution >= 4 is 16.8 Å². The van der Waals surface area contributed by atoms with Gasteiger partial charge in [0.1, 0.15) is 11.6 Å². The summed E-state index contributed by atoms with van der Waals surface area (Å²) in [6, 6.07) is 21.7. The van der Waals surface area contributed by atoms with Crippen LogP contribution >= 0.6 is 0 Å². The number of carbonyl (C=O) groups is 1. The normalized spacial score (nSPS) is 11.9. The Labute approximate surface area is 193 Å². The van der Waals surface area contributed by atoms with Gasteiger partial charge in [-0.05, 0) is 49.2 Å². The Morgan fingerprint density at radius 1 is 1.03 bits per heavy atom. The molecule has 0 saturated carbocycles. The molecule has 168 valence electrons. The Hall–Kier alpha value is -3.93. The fourth-order valence-corrected chi connectivity index (χ4v) is 4.19. The van der Waals surface area contributed by atoms with E-state index in [-0.39, 0.29) is 11.5 Å². The molecule has 1 amide bonds. The zero-order valence-corrected chi connectivity index (χ0v) is 19.3. The summed E-state index contributed by atoms with van der Waals surface area (Å²) < 4.78 is 7.14. The van der Waals surface area contributed by atoms with Crippen molar-refractivity contribution in [3.05, 3.63) is 100 Å². The number of methoxy groups -OCH3 is 1. The first-order valence-electron chi connectivity index (χ1n) is 11.0. The highest BCUT2D eigenvalue weighted by molar-refractivity contribution is 5.95. The summed E-state index contributed by atoms with van der Waals surface area (Å²) in [5, 5.41) is 0.509. The summed E-state index contributed by atoms with van der Waals surface area (Å²) in [5.74, 6) is 0.935. The maximum Gasteiger partial charge on any atom is 0.266 e. The number of carbonyl (C=O) groups excluding carboxylic acids is 1. The Morgan fingerprint density at radius 3 is 2.42 bits per heavy atom. The van der Waals surface area contributed by atoms with Gasteiger partial charge in [-0.1, -0.05) is 49.4 Å². The number of aromatic nitrogens is 2. The van der Waals surface area contributed by atoms with Crippen molar-refractivity contribution in [2.45, 2.75) is 26.3 Å². The number of rotatable bonds is 6. The molecule has 1 unspecified atom stereocenters. The van der Waals surface area contributed by atoms with Crippen LogP contribution in [-0.4, -0.2) is 34.5 Å². The predicted octanol–water partition coefficient (Wildman–Crippen LogP) is 4.93. The highest BCUT2D eigenvalue weighted by Crippen LogP contribution is 2.29. The summed E-state index contributed by atoms with van der Waals surface area (Å²) in [5.41, 5.74) is 2.52. The fraction of sp³-hybridized carbons (Fsp3) is 0.222. The third-order valence-corrected chi connectivity index (χ3v) is 5.98. The SMILES string of the molecule is CCC(c1nc2ccccc2c(=O)n1-c1ccccc1OC)N(C)C(=O)c1ccccc1C. The molecular weight excluding hydrogens is 414 g/mol. The van der Waals surface area contributed by atoms with Crippen LogP contribution in [0.15, 0.2) is 77.6 Å². The number of benzene rings is 3. The molecule has 1 heterocycles. The number of hydrogen-bond donors (Lipinski definition) is 0. The van der Waals surface area contributed by atoms with Gasteiger partial charge in [-0.15, -0.1) is 0 Å². The molecule has 4 aromatic rings. The van der Waals surface area contributed by atoms with Gasteiger partial charge in [0, 0.05) is 12.6 Å². The highest BCUT2D eigenvalue weighted by atomic mass is 16.5. The quantitative estimate of drug-likeness (QED) is 0.426. The number of amides is 1. The monoisotopic (exact) mass is 441 g/mol. The van der Waals surface area contributed by atoms with Gasteiger partial charge in [0.2, 0.25) is 0 Å². The number of fused-ring (bicyclic) bond motifs is 1. The molecule has 4 rings (SSSR count). The van der Waals surface area contributed by atoms with Crippen LogP contribution in [0.4, 0.5) is 0 Å². The van der Waals surface area contributed by atoms with Gasteiger partial charge in [0.25, 0.3) is 11.5 Å². The van der Waals surface area contributed by atoms with Gasteiger partial charge >= 0.3 is 0 Å².